The van der Waals surface area contributed by atoms with Crippen LogP contribution in [-0.2, 0) is 9.53 Å². The van der Waals surface area contributed by atoms with Crippen molar-refractivity contribution in [2.75, 3.05) is 31.7 Å². The van der Waals surface area contributed by atoms with Crippen LogP contribution in [0.5, 0.6) is 5.88 Å². The molecule has 1 fully saturated rings. The maximum Gasteiger partial charge on any atom is 0.225 e. The number of nitrogens with one attached hydrogen (secondary N) is 1. The van der Waals surface area contributed by atoms with Crippen molar-refractivity contribution < 1.29 is 14.3 Å². The lowest BCUT2D eigenvalue weighted by Gasteiger charge is -2.34. The molecule has 0 spiro atoms. The van der Waals surface area contributed by atoms with Crippen LogP contribution in [0.2, 0.25) is 0 Å². The first kappa shape index (κ1) is 14.5. The second-order valence-corrected chi connectivity index (χ2v) is 4.79. The van der Waals surface area contributed by atoms with Crippen LogP contribution in [0.25, 0.3) is 0 Å². The molecule has 1 aliphatic rings. The van der Waals surface area contributed by atoms with E-state index in [1.165, 1.54) is 6.33 Å². The second kappa shape index (κ2) is 6.51. The van der Waals surface area contributed by atoms with Gasteiger partial charge in [0, 0.05) is 25.8 Å². The maximum absolute atomic E-state index is 11.7. The molecule has 0 unspecified atom stereocenters. The molecule has 1 aromatic heterocycles. The number of carbonyl (C=O) groups excluding carboxylic acids is 1. The van der Waals surface area contributed by atoms with Crippen molar-refractivity contribution >= 4 is 11.7 Å². The summed E-state index contributed by atoms with van der Waals surface area (Å²) in [5.74, 6) is 0.827. The molecular weight excluding hydrogens is 260 g/mol. The van der Waals surface area contributed by atoms with Gasteiger partial charge in [0.1, 0.15) is 12.1 Å². The summed E-state index contributed by atoms with van der Waals surface area (Å²) in [6.45, 7) is 3.98. The minimum absolute atomic E-state index is 0.299. The smallest absolute Gasteiger partial charge is 0.225 e. The fourth-order valence-electron chi connectivity index (χ4n) is 2.20. The van der Waals surface area contributed by atoms with Crippen molar-refractivity contribution in [2.45, 2.75) is 19.8 Å². The number of primary amides is 1. The summed E-state index contributed by atoms with van der Waals surface area (Å²) in [4.78, 5) is 19.8. The zero-order valence-electron chi connectivity index (χ0n) is 11.6. The highest BCUT2D eigenvalue weighted by molar-refractivity contribution is 5.81. The van der Waals surface area contributed by atoms with Crippen molar-refractivity contribution in [1.82, 2.24) is 9.97 Å². The first-order valence-electron chi connectivity index (χ1n) is 6.73. The van der Waals surface area contributed by atoms with Gasteiger partial charge in [-0.1, -0.05) is 0 Å². The highest BCUT2D eigenvalue weighted by Gasteiger charge is 2.38. The molecule has 2 heterocycles. The number of ether oxygens (including phenoxy) is 2. The molecule has 7 nitrogen and oxygen atoms in total. The molecule has 7 heteroatoms. The van der Waals surface area contributed by atoms with Crippen LogP contribution in [0.15, 0.2) is 12.4 Å². The van der Waals surface area contributed by atoms with Crippen LogP contribution in [0.1, 0.15) is 19.8 Å². The zero-order chi connectivity index (χ0) is 14.4. The molecule has 3 N–H and O–H groups in total. The molecule has 0 atom stereocenters. The van der Waals surface area contributed by atoms with E-state index in [0.29, 0.717) is 50.9 Å². The van der Waals surface area contributed by atoms with E-state index in [2.05, 4.69) is 15.3 Å². The predicted molar refractivity (Wildman–Crippen MR) is 73.4 cm³/mol. The van der Waals surface area contributed by atoms with E-state index >= 15 is 0 Å². The van der Waals surface area contributed by atoms with Crippen molar-refractivity contribution in [3.63, 3.8) is 0 Å². The molecule has 0 bridgehead atoms. The van der Waals surface area contributed by atoms with Crippen molar-refractivity contribution in [2.24, 2.45) is 11.1 Å². The van der Waals surface area contributed by atoms with Gasteiger partial charge >= 0.3 is 0 Å². The average molecular weight is 280 g/mol. The number of anilines is 1. The molecule has 1 aromatic rings. The number of amides is 1. The molecule has 2 rings (SSSR count). The van der Waals surface area contributed by atoms with E-state index < -0.39 is 5.41 Å². The van der Waals surface area contributed by atoms with E-state index in [9.17, 15) is 4.79 Å². The highest BCUT2D eigenvalue weighted by atomic mass is 16.5. The average Bonchev–Trinajstić information content (AvgIpc) is 2.47. The summed E-state index contributed by atoms with van der Waals surface area (Å²) >= 11 is 0. The Morgan fingerprint density at radius 2 is 2.25 bits per heavy atom. The lowest BCUT2D eigenvalue weighted by molar-refractivity contribution is -0.132. The molecule has 0 aromatic carbocycles. The van der Waals surface area contributed by atoms with Gasteiger partial charge < -0.3 is 20.5 Å². The second-order valence-electron chi connectivity index (χ2n) is 4.79. The standard InChI is InChI=1S/C13H20N4O3/c1-2-20-11-7-10(16-9-17-11)15-8-13(12(14)18)3-5-19-6-4-13/h7,9H,2-6,8H2,1H3,(H2,14,18)(H,15,16,17). The van der Waals surface area contributed by atoms with Crippen molar-refractivity contribution in [3.8, 4) is 5.88 Å². The van der Waals surface area contributed by atoms with Gasteiger partial charge in [-0.3, -0.25) is 4.79 Å². The molecule has 0 saturated carbocycles. The SMILES string of the molecule is CCOc1cc(NCC2(C(N)=O)CCOCC2)ncn1. The van der Waals surface area contributed by atoms with E-state index in [0.717, 1.165) is 0 Å². The van der Waals surface area contributed by atoms with Gasteiger partial charge in [0.2, 0.25) is 11.8 Å². The number of nitrogens with zero attached hydrogens (tertiary/aromatic N) is 2. The maximum atomic E-state index is 11.7. The summed E-state index contributed by atoms with van der Waals surface area (Å²) in [6.07, 6.45) is 2.67. The Bertz CT molecular complexity index is 461. The fraction of sp³-hybridized carbons (Fsp3) is 0.615. The van der Waals surface area contributed by atoms with Crippen molar-refractivity contribution in [1.29, 1.82) is 0 Å². The number of hydrogen-bond donors (Lipinski definition) is 2. The van der Waals surface area contributed by atoms with Gasteiger partial charge in [-0.25, -0.2) is 9.97 Å². The topological polar surface area (TPSA) is 99.4 Å². The quantitative estimate of drug-likeness (QED) is 0.790. The van der Waals surface area contributed by atoms with Crippen LogP contribution in [0.3, 0.4) is 0 Å². The first-order chi connectivity index (χ1) is 9.66. The van der Waals surface area contributed by atoms with Crippen LogP contribution in [0.4, 0.5) is 5.82 Å². The Labute approximate surface area is 117 Å². The Balaban J connectivity index is 2.02. The van der Waals surface area contributed by atoms with Crippen LogP contribution in [0, 0.1) is 5.41 Å². The predicted octanol–water partition coefficient (Wildman–Crippen LogP) is 0.569. The minimum atomic E-state index is -0.574. The van der Waals surface area contributed by atoms with E-state index in [1.54, 1.807) is 6.07 Å². The fourth-order valence-corrected chi connectivity index (χ4v) is 2.20. The molecule has 0 radical (unpaired) electrons. The lowest BCUT2D eigenvalue weighted by Crippen LogP contribution is -2.46. The van der Waals surface area contributed by atoms with Crippen LogP contribution < -0.4 is 15.8 Å². The van der Waals surface area contributed by atoms with E-state index in [4.69, 9.17) is 15.2 Å². The molecule has 1 saturated heterocycles. The van der Waals surface area contributed by atoms with Gasteiger partial charge in [-0.05, 0) is 19.8 Å². The Morgan fingerprint density at radius 1 is 1.50 bits per heavy atom. The summed E-state index contributed by atoms with van der Waals surface area (Å²) in [6, 6.07) is 1.71. The third kappa shape index (κ3) is 3.36. The number of rotatable bonds is 6. The van der Waals surface area contributed by atoms with Gasteiger partial charge in [0.25, 0.3) is 0 Å². The summed E-state index contributed by atoms with van der Waals surface area (Å²) < 4.78 is 10.6. The molecule has 110 valence electrons. The summed E-state index contributed by atoms with van der Waals surface area (Å²) in [5, 5.41) is 3.15. The normalized spacial score (nSPS) is 17.4. The van der Waals surface area contributed by atoms with Crippen LogP contribution >= 0.6 is 0 Å². The molecular formula is C13H20N4O3. The first-order valence-corrected chi connectivity index (χ1v) is 6.73. The van der Waals surface area contributed by atoms with E-state index in [1.807, 2.05) is 6.92 Å². The number of aromatic nitrogens is 2. The minimum Gasteiger partial charge on any atom is -0.478 e. The summed E-state index contributed by atoms with van der Waals surface area (Å²) in [5.41, 5.74) is 4.98. The monoisotopic (exact) mass is 280 g/mol. The highest BCUT2D eigenvalue weighted by Crippen LogP contribution is 2.30. The molecule has 0 aliphatic carbocycles. The van der Waals surface area contributed by atoms with Gasteiger partial charge in [0.05, 0.1) is 12.0 Å². The number of hydrogen-bond acceptors (Lipinski definition) is 6. The largest absolute Gasteiger partial charge is 0.478 e. The summed E-state index contributed by atoms with van der Waals surface area (Å²) in [7, 11) is 0. The van der Waals surface area contributed by atoms with Gasteiger partial charge in [-0.15, -0.1) is 0 Å². The Hall–Kier alpha value is -1.89. The molecule has 1 amide bonds. The molecule has 1 aliphatic heterocycles. The third-order valence-corrected chi connectivity index (χ3v) is 3.51. The zero-order valence-corrected chi connectivity index (χ0v) is 11.6. The van der Waals surface area contributed by atoms with Gasteiger partial charge in [0.15, 0.2) is 0 Å². The van der Waals surface area contributed by atoms with Gasteiger partial charge in [-0.2, -0.15) is 0 Å². The molecule has 20 heavy (non-hydrogen) atoms. The van der Waals surface area contributed by atoms with Crippen molar-refractivity contribution in [3.05, 3.63) is 12.4 Å². The third-order valence-electron chi connectivity index (χ3n) is 3.51. The number of nitrogens with two attached hydrogens (primary N) is 1. The lowest BCUT2D eigenvalue weighted by atomic mass is 9.79. The van der Waals surface area contributed by atoms with Crippen LogP contribution in [-0.4, -0.2) is 42.2 Å². The Kier molecular flexibility index (Phi) is 4.73. The number of carbonyl (C=O) groups is 1. The Morgan fingerprint density at radius 3 is 2.90 bits per heavy atom. The van der Waals surface area contributed by atoms with E-state index in [-0.39, 0.29) is 5.91 Å².